The van der Waals surface area contributed by atoms with Crippen molar-refractivity contribution in [2.45, 2.75) is 51.2 Å². The Hall–Kier alpha value is -2.69. The summed E-state index contributed by atoms with van der Waals surface area (Å²) < 4.78 is 0. The van der Waals surface area contributed by atoms with Gasteiger partial charge in [-0.05, 0) is 12.3 Å². The number of amides is 4. The summed E-state index contributed by atoms with van der Waals surface area (Å²) in [4.78, 5) is 57.2. The second-order valence-corrected chi connectivity index (χ2v) is 6.04. The summed E-state index contributed by atoms with van der Waals surface area (Å²) in [7, 11) is 0. The summed E-state index contributed by atoms with van der Waals surface area (Å²) in [5.74, 6) is -4.77. The summed E-state index contributed by atoms with van der Waals surface area (Å²) in [6.07, 6.45) is -0.865. The first-order valence-corrected chi connectivity index (χ1v) is 7.59. The second-order valence-electron chi connectivity index (χ2n) is 6.04. The van der Waals surface area contributed by atoms with Crippen molar-refractivity contribution in [3.8, 4) is 0 Å². The summed E-state index contributed by atoms with van der Waals surface area (Å²) in [6, 6.07) is -3.93. The Morgan fingerprint density at radius 3 is 1.76 bits per heavy atom. The van der Waals surface area contributed by atoms with Gasteiger partial charge in [-0.15, -0.1) is 0 Å². The van der Waals surface area contributed by atoms with Crippen LogP contribution < -0.4 is 27.8 Å². The molecule has 0 bridgehead atoms. The Bertz CT molecular complexity index is 536. The monoisotopic (exact) mass is 359 g/mol. The minimum Gasteiger partial charge on any atom is -0.480 e. The standard InChI is InChI=1S/C14H25N5O6/c1-6(2)3-9(14(24)25)19-13(23)8(5-11(17)21)18-12(22)7(15)4-10(16)20/h6-9H,3-5,15H2,1-2H3,(H2,16,20)(H2,17,21)(H,18,22)(H,19,23)(H,24,25). The molecule has 0 fully saturated rings. The number of carboxylic acid groups (broad SMARTS) is 1. The summed E-state index contributed by atoms with van der Waals surface area (Å²) >= 11 is 0. The molecule has 0 aliphatic heterocycles. The van der Waals surface area contributed by atoms with Gasteiger partial charge in [0.1, 0.15) is 12.1 Å². The van der Waals surface area contributed by atoms with Crippen LogP contribution in [0.1, 0.15) is 33.1 Å². The summed E-state index contributed by atoms with van der Waals surface area (Å²) in [5.41, 5.74) is 15.4. The molecule has 25 heavy (non-hydrogen) atoms. The van der Waals surface area contributed by atoms with Crippen molar-refractivity contribution in [3.05, 3.63) is 0 Å². The number of hydrogen-bond acceptors (Lipinski definition) is 6. The van der Waals surface area contributed by atoms with E-state index in [-0.39, 0.29) is 12.3 Å². The molecule has 9 N–H and O–H groups in total. The van der Waals surface area contributed by atoms with E-state index in [4.69, 9.17) is 22.3 Å². The van der Waals surface area contributed by atoms with Crippen LogP contribution in [-0.2, 0) is 24.0 Å². The Labute approximate surface area is 144 Å². The molecule has 0 saturated carbocycles. The van der Waals surface area contributed by atoms with Crippen LogP contribution in [0.4, 0.5) is 0 Å². The first-order chi connectivity index (χ1) is 11.4. The molecule has 3 atom stereocenters. The number of nitrogens with one attached hydrogen (secondary N) is 2. The third kappa shape index (κ3) is 9.25. The molecule has 0 saturated heterocycles. The van der Waals surface area contributed by atoms with E-state index in [0.717, 1.165) is 0 Å². The lowest BCUT2D eigenvalue weighted by molar-refractivity contribution is -0.143. The third-order valence-electron chi connectivity index (χ3n) is 3.12. The maximum atomic E-state index is 12.2. The number of carbonyl (C=O) groups is 5. The molecule has 0 heterocycles. The van der Waals surface area contributed by atoms with E-state index in [1.54, 1.807) is 13.8 Å². The lowest BCUT2D eigenvalue weighted by Crippen LogP contribution is -2.56. The zero-order valence-electron chi connectivity index (χ0n) is 14.2. The van der Waals surface area contributed by atoms with Crippen molar-refractivity contribution in [2.24, 2.45) is 23.1 Å². The Balaban J connectivity index is 5.08. The first-order valence-electron chi connectivity index (χ1n) is 7.59. The fourth-order valence-corrected chi connectivity index (χ4v) is 1.96. The van der Waals surface area contributed by atoms with E-state index in [0.29, 0.717) is 0 Å². The van der Waals surface area contributed by atoms with Crippen molar-refractivity contribution in [1.82, 2.24) is 10.6 Å². The third-order valence-corrected chi connectivity index (χ3v) is 3.12. The van der Waals surface area contributed by atoms with Gasteiger partial charge in [0, 0.05) is 0 Å². The van der Waals surface area contributed by atoms with Crippen LogP contribution in [0.25, 0.3) is 0 Å². The average molecular weight is 359 g/mol. The number of primary amides is 2. The molecular formula is C14H25N5O6. The van der Waals surface area contributed by atoms with E-state index in [1.807, 2.05) is 0 Å². The van der Waals surface area contributed by atoms with Crippen LogP contribution in [0.15, 0.2) is 0 Å². The lowest BCUT2D eigenvalue weighted by atomic mass is 10.0. The van der Waals surface area contributed by atoms with Crippen LogP contribution in [0.2, 0.25) is 0 Å². The van der Waals surface area contributed by atoms with Crippen molar-refractivity contribution in [3.63, 3.8) is 0 Å². The van der Waals surface area contributed by atoms with Gasteiger partial charge in [-0.2, -0.15) is 0 Å². The van der Waals surface area contributed by atoms with E-state index in [2.05, 4.69) is 10.6 Å². The quantitative estimate of drug-likeness (QED) is 0.227. The molecule has 0 aliphatic rings. The molecule has 142 valence electrons. The van der Waals surface area contributed by atoms with Crippen LogP contribution in [-0.4, -0.2) is 52.8 Å². The van der Waals surface area contributed by atoms with Crippen LogP contribution in [0.5, 0.6) is 0 Å². The molecular weight excluding hydrogens is 334 g/mol. The molecule has 0 aliphatic carbocycles. The van der Waals surface area contributed by atoms with E-state index < -0.39 is 60.6 Å². The highest BCUT2D eigenvalue weighted by Gasteiger charge is 2.29. The fraction of sp³-hybridized carbons (Fsp3) is 0.643. The number of carboxylic acids is 1. The van der Waals surface area contributed by atoms with E-state index in [9.17, 15) is 24.0 Å². The smallest absolute Gasteiger partial charge is 0.326 e. The second kappa shape index (κ2) is 10.2. The fourth-order valence-electron chi connectivity index (χ4n) is 1.96. The van der Waals surface area contributed by atoms with Crippen LogP contribution >= 0.6 is 0 Å². The molecule has 0 aromatic rings. The number of rotatable bonds is 11. The van der Waals surface area contributed by atoms with Crippen molar-refractivity contribution in [1.29, 1.82) is 0 Å². The van der Waals surface area contributed by atoms with Gasteiger partial charge in [0.15, 0.2) is 0 Å². The number of aliphatic carboxylic acids is 1. The Morgan fingerprint density at radius 1 is 0.880 bits per heavy atom. The molecule has 0 radical (unpaired) electrons. The summed E-state index contributed by atoms with van der Waals surface area (Å²) in [6.45, 7) is 3.54. The van der Waals surface area contributed by atoms with Gasteiger partial charge in [-0.3, -0.25) is 19.2 Å². The molecule has 0 spiro atoms. The van der Waals surface area contributed by atoms with Crippen molar-refractivity contribution >= 4 is 29.6 Å². The highest BCUT2D eigenvalue weighted by atomic mass is 16.4. The zero-order valence-corrected chi connectivity index (χ0v) is 14.2. The highest BCUT2D eigenvalue weighted by molar-refractivity contribution is 5.95. The van der Waals surface area contributed by atoms with Crippen molar-refractivity contribution < 1.29 is 29.1 Å². The molecule has 0 rings (SSSR count). The number of nitrogens with two attached hydrogens (primary N) is 3. The SMILES string of the molecule is CC(C)CC(NC(=O)C(CC(N)=O)NC(=O)C(N)CC(N)=O)C(=O)O. The molecule has 3 unspecified atom stereocenters. The molecule has 0 aromatic carbocycles. The summed E-state index contributed by atoms with van der Waals surface area (Å²) in [5, 5.41) is 13.6. The normalized spacial score (nSPS) is 14.2. The largest absolute Gasteiger partial charge is 0.480 e. The minimum absolute atomic E-state index is 0.0189. The average Bonchev–Trinajstić information content (AvgIpc) is 2.43. The van der Waals surface area contributed by atoms with Gasteiger partial charge in [-0.25, -0.2) is 4.79 Å². The predicted molar refractivity (Wildman–Crippen MR) is 86.6 cm³/mol. The van der Waals surface area contributed by atoms with E-state index >= 15 is 0 Å². The van der Waals surface area contributed by atoms with Gasteiger partial charge in [0.2, 0.25) is 23.6 Å². The highest BCUT2D eigenvalue weighted by Crippen LogP contribution is 2.06. The Morgan fingerprint density at radius 2 is 1.36 bits per heavy atom. The van der Waals surface area contributed by atoms with Gasteiger partial charge < -0.3 is 32.9 Å². The maximum absolute atomic E-state index is 12.2. The predicted octanol–water partition coefficient (Wildman–Crippen LogP) is -2.84. The van der Waals surface area contributed by atoms with Gasteiger partial charge in [0.25, 0.3) is 0 Å². The molecule has 4 amide bonds. The first kappa shape index (κ1) is 22.3. The van der Waals surface area contributed by atoms with Gasteiger partial charge in [-0.1, -0.05) is 13.8 Å². The number of hydrogen-bond donors (Lipinski definition) is 6. The number of carbonyl (C=O) groups excluding carboxylic acids is 4. The van der Waals surface area contributed by atoms with Crippen LogP contribution in [0.3, 0.4) is 0 Å². The Kier molecular flexibility index (Phi) is 9.13. The lowest BCUT2D eigenvalue weighted by Gasteiger charge is -2.22. The molecule has 0 aromatic heterocycles. The topological polar surface area (TPSA) is 208 Å². The van der Waals surface area contributed by atoms with Gasteiger partial charge in [0.05, 0.1) is 18.9 Å². The van der Waals surface area contributed by atoms with Gasteiger partial charge >= 0.3 is 5.97 Å². The zero-order chi connectivity index (χ0) is 19.7. The molecule has 11 heteroatoms. The van der Waals surface area contributed by atoms with Crippen molar-refractivity contribution in [2.75, 3.05) is 0 Å². The molecule has 11 nitrogen and oxygen atoms in total. The minimum atomic E-state index is -1.42. The maximum Gasteiger partial charge on any atom is 0.326 e. The van der Waals surface area contributed by atoms with E-state index in [1.165, 1.54) is 0 Å². The van der Waals surface area contributed by atoms with Crippen LogP contribution in [0, 0.1) is 5.92 Å².